The number of aromatic amines is 1. The highest BCUT2D eigenvalue weighted by Crippen LogP contribution is 2.53. The zero-order valence-electron chi connectivity index (χ0n) is 34.6. The van der Waals surface area contributed by atoms with Gasteiger partial charge in [0, 0.05) is 40.2 Å². The number of nitrogens with one attached hydrogen (secondary N) is 2. The van der Waals surface area contributed by atoms with Gasteiger partial charge in [-0.2, -0.15) is 0 Å². The number of benzene rings is 1. The molecule has 4 unspecified atom stereocenters. The molecule has 1 aromatic carbocycles. The van der Waals surface area contributed by atoms with Gasteiger partial charge in [-0.15, -0.1) is 0 Å². The molecule has 1 amide bonds. The Morgan fingerprint density at radius 1 is 0.887 bits per heavy atom. The van der Waals surface area contributed by atoms with E-state index in [1.807, 2.05) is 37.4 Å². The number of hydrogen-bond acceptors (Lipinski definition) is 3. The maximum atomic E-state index is 13.6. The molecule has 2 aromatic heterocycles. The molecule has 0 bridgehead atoms. The number of carbonyl (C=O) groups is 2. The second-order valence-electron chi connectivity index (χ2n) is 17.9. The molecular formula is C45H69Cl2N3O3. The van der Waals surface area contributed by atoms with Crippen LogP contribution in [0.4, 0.5) is 5.82 Å². The molecule has 3 aromatic rings. The van der Waals surface area contributed by atoms with Crippen molar-refractivity contribution in [3.63, 3.8) is 0 Å². The molecule has 1 fully saturated rings. The highest BCUT2D eigenvalue weighted by Gasteiger charge is 2.46. The Morgan fingerprint density at radius 3 is 1.89 bits per heavy atom. The minimum Gasteiger partial charge on any atom is -0.327 e. The Kier molecular flexibility index (Phi) is 16.8. The lowest BCUT2D eigenvalue weighted by Gasteiger charge is -2.51. The first-order valence-corrected chi connectivity index (χ1v) is 21.1. The summed E-state index contributed by atoms with van der Waals surface area (Å²) in [6, 6.07) is 9.42. The van der Waals surface area contributed by atoms with E-state index in [2.05, 4.69) is 79.5 Å². The van der Waals surface area contributed by atoms with Crippen LogP contribution in [0.5, 0.6) is 0 Å². The lowest BCUT2D eigenvalue weighted by Crippen LogP contribution is -2.44. The third-order valence-corrected chi connectivity index (χ3v) is 12.3. The molecule has 4 rings (SSSR count). The fourth-order valence-corrected chi connectivity index (χ4v) is 8.99. The summed E-state index contributed by atoms with van der Waals surface area (Å²) < 4.78 is 1.73. The van der Waals surface area contributed by atoms with E-state index in [0.717, 1.165) is 80.1 Å². The Labute approximate surface area is 330 Å². The number of aromatic nitrogens is 2. The molecule has 4 atom stereocenters. The zero-order valence-corrected chi connectivity index (χ0v) is 36.1. The first-order valence-electron chi connectivity index (χ1n) is 20.4. The Morgan fingerprint density at radius 2 is 1.42 bits per heavy atom. The monoisotopic (exact) mass is 769 g/mol. The summed E-state index contributed by atoms with van der Waals surface area (Å²) in [6.45, 7) is 25.1. The summed E-state index contributed by atoms with van der Waals surface area (Å²) in [5.74, 6) is 2.65. The second-order valence-corrected chi connectivity index (χ2v) is 18.8. The van der Waals surface area contributed by atoms with Crippen molar-refractivity contribution in [1.29, 1.82) is 0 Å². The predicted octanol–water partition coefficient (Wildman–Crippen LogP) is 13.0. The van der Waals surface area contributed by atoms with Gasteiger partial charge in [0.2, 0.25) is 11.1 Å². The lowest BCUT2D eigenvalue weighted by molar-refractivity contribution is -0.120. The van der Waals surface area contributed by atoms with Crippen LogP contribution in [0.3, 0.4) is 0 Å². The fourth-order valence-electron chi connectivity index (χ4n) is 8.60. The van der Waals surface area contributed by atoms with E-state index in [0.29, 0.717) is 34.5 Å². The van der Waals surface area contributed by atoms with E-state index in [-0.39, 0.29) is 39.4 Å². The number of anilines is 1. The van der Waals surface area contributed by atoms with Gasteiger partial charge >= 0.3 is 0 Å². The van der Waals surface area contributed by atoms with Crippen LogP contribution in [0.2, 0.25) is 5.02 Å². The fraction of sp³-hybridized carbons (Fsp3) is 0.667. The van der Waals surface area contributed by atoms with Crippen molar-refractivity contribution in [2.45, 2.75) is 147 Å². The number of amides is 1. The first-order chi connectivity index (χ1) is 24.9. The van der Waals surface area contributed by atoms with Crippen molar-refractivity contribution in [3.05, 3.63) is 57.5 Å². The molecule has 0 spiro atoms. The number of nitrogens with zero attached hydrogens (tertiary/aromatic N) is 1. The molecule has 1 aliphatic carbocycles. The average molecular weight is 771 g/mol. The van der Waals surface area contributed by atoms with Crippen LogP contribution in [0.25, 0.3) is 16.8 Å². The van der Waals surface area contributed by atoms with Crippen LogP contribution in [-0.4, -0.2) is 20.5 Å². The first kappa shape index (κ1) is 44.8. The van der Waals surface area contributed by atoms with E-state index in [9.17, 15) is 14.4 Å². The van der Waals surface area contributed by atoms with Crippen molar-refractivity contribution in [3.8, 4) is 11.1 Å². The summed E-state index contributed by atoms with van der Waals surface area (Å²) >= 11 is 11.6. The normalized spacial score (nSPS) is 20.4. The summed E-state index contributed by atoms with van der Waals surface area (Å²) in [4.78, 5) is 41.0. The molecule has 1 aliphatic rings. The molecule has 0 saturated heterocycles. The van der Waals surface area contributed by atoms with Crippen molar-refractivity contribution in [2.24, 2.45) is 46.3 Å². The van der Waals surface area contributed by atoms with E-state index in [1.165, 1.54) is 18.9 Å². The van der Waals surface area contributed by atoms with Crippen LogP contribution >= 0.6 is 23.2 Å². The molecule has 296 valence electrons. The number of H-pyrrole nitrogens is 1. The van der Waals surface area contributed by atoms with Crippen molar-refractivity contribution < 1.29 is 9.59 Å². The molecule has 2 heterocycles. The van der Waals surface area contributed by atoms with Crippen LogP contribution in [-0.2, 0) is 16.0 Å². The van der Waals surface area contributed by atoms with Crippen LogP contribution < -0.4 is 10.9 Å². The van der Waals surface area contributed by atoms with E-state index in [4.69, 9.17) is 23.2 Å². The molecule has 2 N–H and O–H groups in total. The molecule has 53 heavy (non-hydrogen) atoms. The quantitative estimate of drug-likeness (QED) is 0.160. The van der Waals surface area contributed by atoms with Gasteiger partial charge in [0.25, 0.3) is 5.56 Å². The number of rotatable bonds is 14. The lowest BCUT2D eigenvalue weighted by atomic mass is 9.54. The van der Waals surface area contributed by atoms with Gasteiger partial charge in [-0.1, -0.05) is 126 Å². The van der Waals surface area contributed by atoms with Gasteiger partial charge in [0.1, 0.15) is 11.5 Å². The van der Waals surface area contributed by atoms with Gasteiger partial charge in [-0.05, 0) is 109 Å². The second kappa shape index (κ2) is 19.8. The van der Waals surface area contributed by atoms with Crippen LogP contribution in [0.15, 0.2) is 41.3 Å². The van der Waals surface area contributed by atoms with Gasteiger partial charge < -0.3 is 10.3 Å². The topological polar surface area (TPSA) is 83.4 Å². The number of carbonyl (C=O) groups excluding carboxylic acids is 2. The highest BCUT2D eigenvalue weighted by atomic mass is 35.5. The Hall–Kier alpha value is -2.57. The molecule has 8 heteroatoms. The average Bonchev–Trinajstić information content (AvgIpc) is 3.44. The Bertz CT molecular complexity index is 1650. The molecule has 1 saturated carbocycles. The Balaban J connectivity index is 0.000000661. The maximum absolute atomic E-state index is 13.6. The molecule has 0 radical (unpaired) electrons. The zero-order chi connectivity index (χ0) is 39.7. The molecule has 6 nitrogen and oxygen atoms in total. The van der Waals surface area contributed by atoms with Gasteiger partial charge in [0.15, 0.2) is 0 Å². The van der Waals surface area contributed by atoms with Gasteiger partial charge in [-0.3, -0.25) is 18.8 Å². The minimum absolute atomic E-state index is 0.0242. The number of unbranched alkanes of at least 4 members (excludes halogenated alkanes) is 2. The highest BCUT2D eigenvalue weighted by molar-refractivity contribution is 6.63. The summed E-state index contributed by atoms with van der Waals surface area (Å²) in [5, 5.41) is 3.58. The van der Waals surface area contributed by atoms with Crippen molar-refractivity contribution >= 4 is 45.8 Å². The van der Waals surface area contributed by atoms with Gasteiger partial charge in [-0.25, -0.2) is 0 Å². The molecule has 0 aliphatic heterocycles. The maximum Gasteiger partial charge on any atom is 0.259 e. The van der Waals surface area contributed by atoms with E-state index in [1.54, 1.807) is 4.40 Å². The van der Waals surface area contributed by atoms with Crippen LogP contribution in [0.1, 0.15) is 146 Å². The number of fused-ring (bicyclic) bond motifs is 1. The van der Waals surface area contributed by atoms with Crippen molar-refractivity contribution in [1.82, 2.24) is 9.38 Å². The third-order valence-electron chi connectivity index (χ3n) is 11.8. The van der Waals surface area contributed by atoms with E-state index < -0.39 is 0 Å². The van der Waals surface area contributed by atoms with E-state index >= 15 is 0 Å². The van der Waals surface area contributed by atoms with Crippen LogP contribution in [0, 0.1) is 46.3 Å². The summed E-state index contributed by atoms with van der Waals surface area (Å²) in [5.41, 5.74) is 4.14. The summed E-state index contributed by atoms with van der Waals surface area (Å²) in [6.07, 6.45) is 13.0. The number of halogens is 2. The minimum atomic E-state index is -0.170. The standard InChI is InChI=1S/C37H54ClN3O2.C8H15ClO/c1-10-12-13-24(11-2)35(43)40-32-21-33(42)41-22-29(25-14-16-26(38)17-15-25)27(34(41)39-32)20-28-30(36(4,5)6)18-23(3)19-31(28)37(7,8)9;1-3-5-6-7(4-2)8(9)10/h14-17,21-24,28,30-31,39H,10-13,18-20H2,1-9H3,(H,40,43);7H,3-6H2,1-2H3. The predicted molar refractivity (Wildman–Crippen MR) is 226 cm³/mol. The smallest absolute Gasteiger partial charge is 0.259 e. The SMILES string of the molecule is CCCCC(CC)C(=O)Cl.CCCCC(CC)C(=O)Nc1cc(=O)n2cc(-c3ccc(Cl)cc3)c(CC3C(C(C)(C)C)CC(C)CC3C(C)(C)C)c2[nH]1. The van der Waals surface area contributed by atoms with Crippen molar-refractivity contribution in [2.75, 3.05) is 5.32 Å². The number of hydrogen-bond donors (Lipinski definition) is 2. The van der Waals surface area contributed by atoms with Gasteiger partial charge in [0.05, 0.1) is 0 Å². The molecular weight excluding hydrogens is 701 g/mol. The largest absolute Gasteiger partial charge is 0.327 e. The third kappa shape index (κ3) is 12.2. The summed E-state index contributed by atoms with van der Waals surface area (Å²) in [7, 11) is 0.